The van der Waals surface area contributed by atoms with Gasteiger partial charge in [-0.25, -0.2) is 0 Å². The highest BCUT2D eigenvalue weighted by Crippen LogP contribution is 2.72. The molecule has 0 heterocycles. The lowest BCUT2D eigenvalue weighted by atomic mass is 9.40. The van der Waals surface area contributed by atoms with Crippen LogP contribution < -0.4 is 0 Å². The van der Waals surface area contributed by atoms with Crippen molar-refractivity contribution in [1.29, 1.82) is 0 Å². The van der Waals surface area contributed by atoms with Crippen LogP contribution in [0.4, 0.5) is 0 Å². The number of alkyl halides is 1. The summed E-state index contributed by atoms with van der Waals surface area (Å²) in [5.41, 5.74) is 1.32. The average Bonchev–Trinajstić information content (AvgIpc) is 2.12. The van der Waals surface area contributed by atoms with Crippen molar-refractivity contribution in [3.63, 3.8) is 0 Å². The first-order chi connectivity index (χ1) is 7.79. The molecule has 0 N–H and O–H groups in total. The van der Waals surface area contributed by atoms with Gasteiger partial charge < -0.3 is 0 Å². The number of hydrogen-bond donors (Lipinski definition) is 0. The van der Waals surface area contributed by atoms with Gasteiger partial charge in [0, 0.05) is 4.32 Å². The monoisotopic (exact) mass is 298 g/mol. The smallest absolute Gasteiger partial charge is 0.0271 e. The fourth-order valence-corrected chi connectivity index (χ4v) is 7.33. The summed E-state index contributed by atoms with van der Waals surface area (Å²) in [4.78, 5) is 0. The molecule has 4 bridgehead atoms. The Morgan fingerprint density at radius 1 is 0.824 bits per heavy atom. The summed E-state index contributed by atoms with van der Waals surface area (Å²) in [5.74, 6) is 2.73. The third-order valence-corrected chi connectivity index (χ3v) is 7.42. The first-order valence-corrected chi connectivity index (χ1v) is 8.28. The molecule has 2 atom stereocenters. The fraction of sp³-hybridized carbons (Fsp3) is 1.00. The number of hydrogen-bond acceptors (Lipinski definition) is 0. The first kappa shape index (κ1) is 12.5. The lowest BCUT2D eigenvalue weighted by Gasteiger charge is -2.68. The maximum absolute atomic E-state index is 4.16. The lowest BCUT2D eigenvalue weighted by molar-refractivity contribution is -0.135. The molecule has 0 nitrogen and oxygen atoms in total. The Morgan fingerprint density at radius 2 is 1.29 bits per heavy atom. The summed E-state index contributed by atoms with van der Waals surface area (Å²) in [6, 6.07) is 0. The van der Waals surface area contributed by atoms with Crippen LogP contribution in [0.3, 0.4) is 0 Å². The van der Waals surface area contributed by atoms with Crippen molar-refractivity contribution >= 4 is 15.9 Å². The third kappa shape index (κ3) is 1.67. The molecular weight excluding hydrogens is 272 g/mol. The molecule has 4 rings (SSSR count). The van der Waals surface area contributed by atoms with E-state index in [1.807, 2.05) is 0 Å². The zero-order valence-electron chi connectivity index (χ0n) is 11.9. The molecule has 0 spiro atoms. The molecule has 4 aliphatic carbocycles. The van der Waals surface area contributed by atoms with Gasteiger partial charge in [-0.1, -0.05) is 43.6 Å². The Bertz CT molecular complexity index is 306. The Kier molecular flexibility index (Phi) is 2.59. The van der Waals surface area contributed by atoms with Gasteiger partial charge in [-0.2, -0.15) is 0 Å². The van der Waals surface area contributed by atoms with E-state index in [2.05, 4.69) is 43.6 Å². The van der Waals surface area contributed by atoms with E-state index >= 15 is 0 Å². The van der Waals surface area contributed by atoms with Gasteiger partial charge in [0.05, 0.1) is 0 Å². The molecule has 0 aromatic carbocycles. The summed E-state index contributed by atoms with van der Waals surface area (Å²) in [6.45, 7) is 9.88. The summed E-state index contributed by atoms with van der Waals surface area (Å²) < 4.78 is 0.501. The SMILES string of the molecule is CC(C)C12CC3CC(Br)(C1)CC(C(C)C)(C3)C2. The standard InChI is InChI=1S/C16H27Br/c1-11(2)14-5-13-6-15(8-14,12(3)4)10-16(17,7-13)9-14/h11-13H,5-10H2,1-4H3. The average molecular weight is 299 g/mol. The van der Waals surface area contributed by atoms with Crippen LogP contribution in [-0.4, -0.2) is 4.32 Å². The summed E-state index contributed by atoms with van der Waals surface area (Å²) in [5, 5.41) is 0. The quantitative estimate of drug-likeness (QED) is 0.599. The number of halogens is 1. The van der Waals surface area contributed by atoms with Gasteiger partial charge in [-0.05, 0) is 67.1 Å². The molecule has 0 radical (unpaired) electrons. The van der Waals surface area contributed by atoms with E-state index in [1.54, 1.807) is 0 Å². The van der Waals surface area contributed by atoms with Crippen molar-refractivity contribution < 1.29 is 0 Å². The van der Waals surface area contributed by atoms with E-state index in [0.29, 0.717) is 15.2 Å². The maximum Gasteiger partial charge on any atom is 0.0271 e. The molecule has 4 aliphatic rings. The lowest BCUT2D eigenvalue weighted by Crippen LogP contribution is -2.60. The number of rotatable bonds is 2. The van der Waals surface area contributed by atoms with Crippen LogP contribution in [0.5, 0.6) is 0 Å². The second-order valence-corrected chi connectivity index (χ2v) is 9.88. The van der Waals surface area contributed by atoms with Crippen molar-refractivity contribution in [3.05, 3.63) is 0 Å². The second-order valence-electron chi connectivity index (χ2n) is 8.19. The van der Waals surface area contributed by atoms with E-state index in [9.17, 15) is 0 Å². The minimum atomic E-state index is 0.501. The zero-order chi connectivity index (χ0) is 12.5. The Labute approximate surface area is 115 Å². The normalized spacial score (nSPS) is 52.8. The summed E-state index contributed by atoms with van der Waals surface area (Å²) in [7, 11) is 0. The van der Waals surface area contributed by atoms with Crippen molar-refractivity contribution in [1.82, 2.24) is 0 Å². The highest BCUT2D eigenvalue weighted by atomic mass is 79.9. The van der Waals surface area contributed by atoms with E-state index < -0.39 is 0 Å². The van der Waals surface area contributed by atoms with Gasteiger partial charge in [0.25, 0.3) is 0 Å². The first-order valence-electron chi connectivity index (χ1n) is 7.48. The fourth-order valence-electron chi connectivity index (χ4n) is 5.76. The molecule has 0 aliphatic heterocycles. The maximum atomic E-state index is 4.16. The Hall–Kier alpha value is 0.480. The minimum absolute atomic E-state index is 0.501. The van der Waals surface area contributed by atoms with Crippen molar-refractivity contribution in [2.75, 3.05) is 0 Å². The van der Waals surface area contributed by atoms with Crippen LogP contribution in [0.1, 0.15) is 66.2 Å². The van der Waals surface area contributed by atoms with Gasteiger partial charge in [-0.3, -0.25) is 0 Å². The molecule has 2 unspecified atom stereocenters. The van der Waals surface area contributed by atoms with Gasteiger partial charge in [0.2, 0.25) is 0 Å². The minimum Gasteiger partial charge on any atom is -0.0853 e. The van der Waals surface area contributed by atoms with E-state index in [0.717, 1.165) is 17.8 Å². The molecule has 0 amide bonds. The van der Waals surface area contributed by atoms with Crippen molar-refractivity contribution in [2.45, 2.75) is 70.5 Å². The molecule has 1 heteroatoms. The van der Waals surface area contributed by atoms with Crippen LogP contribution in [0, 0.1) is 28.6 Å². The van der Waals surface area contributed by atoms with Gasteiger partial charge in [-0.15, -0.1) is 0 Å². The van der Waals surface area contributed by atoms with E-state index in [-0.39, 0.29) is 0 Å². The van der Waals surface area contributed by atoms with Crippen molar-refractivity contribution in [2.24, 2.45) is 28.6 Å². The third-order valence-electron chi connectivity index (χ3n) is 6.54. The highest BCUT2D eigenvalue weighted by molar-refractivity contribution is 9.10. The van der Waals surface area contributed by atoms with Crippen LogP contribution >= 0.6 is 15.9 Å². The topological polar surface area (TPSA) is 0 Å². The predicted molar refractivity (Wildman–Crippen MR) is 77.4 cm³/mol. The molecule has 98 valence electrons. The molecule has 17 heavy (non-hydrogen) atoms. The van der Waals surface area contributed by atoms with E-state index in [1.165, 1.54) is 38.5 Å². The van der Waals surface area contributed by atoms with Crippen LogP contribution in [0.25, 0.3) is 0 Å². The Morgan fingerprint density at radius 3 is 1.65 bits per heavy atom. The highest BCUT2D eigenvalue weighted by Gasteiger charge is 2.63. The Balaban J connectivity index is 2.03. The largest absolute Gasteiger partial charge is 0.0853 e. The van der Waals surface area contributed by atoms with Gasteiger partial charge in [0.15, 0.2) is 0 Å². The predicted octanol–water partition coefficient (Wildman–Crippen LogP) is 5.40. The zero-order valence-corrected chi connectivity index (χ0v) is 13.4. The second kappa shape index (κ2) is 3.52. The van der Waals surface area contributed by atoms with E-state index in [4.69, 9.17) is 0 Å². The van der Waals surface area contributed by atoms with Crippen LogP contribution in [-0.2, 0) is 0 Å². The van der Waals surface area contributed by atoms with Crippen LogP contribution in [0.15, 0.2) is 0 Å². The van der Waals surface area contributed by atoms with Gasteiger partial charge in [0.1, 0.15) is 0 Å². The molecule has 0 aromatic heterocycles. The van der Waals surface area contributed by atoms with Gasteiger partial charge >= 0.3 is 0 Å². The van der Waals surface area contributed by atoms with Crippen LogP contribution in [0.2, 0.25) is 0 Å². The molecule has 4 fully saturated rings. The molecular formula is C16H27Br. The molecule has 4 saturated carbocycles. The summed E-state index contributed by atoms with van der Waals surface area (Å²) >= 11 is 4.16. The van der Waals surface area contributed by atoms with Crippen molar-refractivity contribution in [3.8, 4) is 0 Å². The molecule has 0 aromatic rings. The summed E-state index contributed by atoms with van der Waals surface area (Å²) in [6.07, 6.45) is 8.90. The molecule has 0 saturated heterocycles.